The minimum atomic E-state index is -4.81. The van der Waals surface area contributed by atoms with Gasteiger partial charge < -0.3 is 20.3 Å². The van der Waals surface area contributed by atoms with Crippen LogP contribution in [0.15, 0.2) is 24.3 Å². The SMILES string of the molecule is O=C1CC(C(=O)N2CCNC(=O)C2c2ccc(OC(F)(F)F)cc2)CN1. The van der Waals surface area contributed by atoms with E-state index in [9.17, 15) is 27.6 Å². The van der Waals surface area contributed by atoms with E-state index in [1.807, 2.05) is 0 Å². The predicted octanol–water partition coefficient (Wildman–Crippen LogP) is 0.721. The quantitative estimate of drug-likeness (QED) is 0.820. The predicted molar refractivity (Wildman–Crippen MR) is 81.7 cm³/mol. The second kappa shape index (κ2) is 6.85. The van der Waals surface area contributed by atoms with E-state index in [-0.39, 0.29) is 37.9 Å². The highest BCUT2D eigenvalue weighted by Crippen LogP contribution is 2.29. The highest BCUT2D eigenvalue weighted by Gasteiger charge is 2.39. The molecule has 2 aliphatic rings. The summed E-state index contributed by atoms with van der Waals surface area (Å²) in [6.45, 7) is 0.728. The van der Waals surface area contributed by atoms with Gasteiger partial charge in [-0.05, 0) is 17.7 Å². The highest BCUT2D eigenvalue weighted by atomic mass is 19.4. The molecule has 0 bridgehead atoms. The van der Waals surface area contributed by atoms with Crippen molar-refractivity contribution in [3.05, 3.63) is 29.8 Å². The third kappa shape index (κ3) is 3.89. The number of hydrogen-bond donors (Lipinski definition) is 2. The fourth-order valence-electron chi connectivity index (χ4n) is 3.10. The molecule has 0 saturated carbocycles. The maximum atomic E-state index is 12.7. The summed E-state index contributed by atoms with van der Waals surface area (Å²) >= 11 is 0. The van der Waals surface area contributed by atoms with Gasteiger partial charge in [0.25, 0.3) is 0 Å². The molecule has 2 fully saturated rings. The van der Waals surface area contributed by atoms with Crippen LogP contribution in [-0.2, 0) is 14.4 Å². The summed E-state index contributed by atoms with van der Waals surface area (Å²) in [5.74, 6) is -1.95. The van der Waals surface area contributed by atoms with Crippen LogP contribution in [0.3, 0.4) is 0 Å². The van der Waals surface area contributed by atoms with Crippen molar-refractivity contribution in [3.63, 3.8) is 0 Å². The normalized spacial score (nSPS) is 23.4. The Morgan fingerprint density at radius 1 is 1.15 bits per heavy atom. The lowest BCUT2D eigenvalue weighted by Crippen LogP contribution is -2.53. The van der Waals surface area contributed by atoms with E-state index < -0.39 is 30.0 Å². The molecule has 2 atom stereocenters. The standard InChI is InChI=1S/C16H16F3N3O4/c17-16(18,19)26-11-3-1-9(2-4-11)13-14(24)20-5-6-22(13)15(25)10-7-12(23)21-8-10/h1-4,10,13H,5-8H2,(H,20,24)(H,21,23). The van der Waals surface area contributed by atoms with Crippen LogP contribution in [0.4, 0.5) is 13.2 Å². The Hall–Kier alpha value is -2.78. The first-order chi connectivity index (χ1) is 12.2. The molecule has 140 valence electrons. The average molecular weight is 371 g/mol. The van der Waals surface area contributed by atoms with Gasteiger partial charge in [0.05, 0.1) is 5.92 Å². The van der Waals surface area contributed by atoms with E-state index in [1.54, 1.807) is 0 Å². The summed E-state index contributed by atoms with van der Waals surface area (Å²) in [4.78, 5) is 37.7. The second-order valence-corrected chi connectivity index (χ2v) is 6.05. The third-order valence-corrected chi connectivity index (χ3v) is 4.25. The fourth-order valence-corrected chi connectivity index (χ4v) is 3.10. The number of amides is 3. The van der Waals surface area contributed by atoms with Gasteiger partial charge in [0.2, 0.25) is 17.7 Å². The van der Waals surface area contributed by atoms with Gasteiger partial charge in [-0.25, -0.2) is 0 Å². The van der Waals surface area contributed by atoms with Crippen molar-refractivity contribution in [3.8, 4) is 5.75 Å². The monoisotopic (exact) mass is 371 g/mol. The van der Waals surface area contributed by atoms with E-state index in [4.69, 9.17) is 0 Å². The Labute approximate surface area is 146 Å². The number of hydrogen-bond acceptors (Lipinski definition) is 4. The molecule has 10 heteroatoms. The molecule has 0 spiro atoms. The fraction of sp³-hybridized carbons (Fsp3) is 0.438. The zero-order valence-corrected chi connectivity index (χ0v) is 13.5. The summed E-state index contributed by atoms with van der Waals surface area (Å²) in [6, 6.07) is 3.85. The molecular formula is C16H16F3N3O4. The van der Waals surface area contributed by atoms with Crippen molar-refractivity contribution in [2.75, 3.05) is 19.6 Å². The molecule has 2 heterocycles. The molecule has 2 N–H and O–H groups in total. The number of alkyl halides is 3. The molecule has 1 aromatic carbocycles. The lowest BCUT2D eigenvalue weighted by molar-refractivity contribution is -0.274. The van der Waals surface area contributed by atoms with Crippen LogP contribution in [0.1, 0.15) is 18.0 Å². The van der Waals surface area contributed by atoms with E-state index >= 15 is 0 Å². The topological polar surface area (TPSA) is 87.7 Å². The molecule has 3 rings (SSSR count). The Balaban J connectivity index is 1.81. The second-order valence-electron chi connectivity index (χ2n) is 6.05. The first-order valence-corrected chi connectivity index (χ1v) is 7.95. The molecule has 3 amide bonds. The van der Waals surface area contributed by atoms with Gasteiger partial charge in [-0.15, -0.1) is 13.2 Å². The number of rotatable bonds is 3. The largest absolute Gasteiger partial charge is 0.573 e. The van der Waals surface area contributed by atoms with Crippen LogP contribution >= 0.6 is 0 Å². The van der Waals surface area contributed by atoms with Gasteiger partial charge in [-0.1, -0.05) is 12.1 Å². The number of piperazine rings is 1. The number of halogens is 3. The average Bonchev–Trinajstić information content (AvgIpc) is 3.00. The Morgan fingerprint density at radius 3 is 2.42 bits per heavy atom. The summed E-state index contributed by atoms with van der Waals surface area (Å²) in [6.07, 6.45) is -4.75. The summed E-state index contributed by atoms with van der Waals surface area (Å²) < 4.78 is 40.6. The van der Waals surface area contributed by atoms with Crippen molar-refractivity contribution < 1.29 is 32.3 Å². The van der Waals surface area contributed by atoms with Crippen LogP contribution in [-0.4, -0.2) is 48.6 Å². The van der Waals surface area contributed by atoms with Crippen LogP contribution in [0.2, 0.25) is 0 Å². The summed E-state index contributed by atoms with van der Waals surface area (Å²) in [5, 5.41) is 5.22. The molecule has 2 unspecified atom stereocenters. The van der Waals surface area contributed by atoms with Crippen molar-refractivity contribution in [1.29, 1.82) is 0 Å². The van der Waals surface area contributed by atoms with E-state index in [1.165, 1.54) is 17.0 Å². The Morgan fingerprint density at radius 2 is 1.85 bits per heavy atom. The lowest BCUT2D eigenvalue weighted by Gasteiger charge is -2.36. The van der Waals surface area contributed by atoms with Crippen LogP contribution in [0, 0.1) is 5.92 Å². The lowest BCUT2D eigenvalue weighted by atomic mass is 9.99. The van der Waals surface area contributed by atoms with Crippen molar-refractivity contribution >= 4 is 17.7 Å². The molecular weight excluding hydrogens is 355 g/mol. The molecule has 2 saturated heterocycles. The maximum Gasteiger partial charge on any atom is 0.573 e. The Bertz CT molecular complexity index is 720. The molecule has 0 aromatic heterocycles. The van der Waals surface area contributed by atoms with E-state index in [0.717, 1.165) is 12.1 Å². The van der Waals surface area contributed by atoms with Crippen molar-refractivity contribution in [2.45, 2.75) is 18.8 Å². The van der Waals surface area contributed by atoms with Gasteiger partial charge in [0, 0.05) is 26.1 Å². The minimum absolute atomic E-state index is 0.0576. The molecule has 0 radical (unpaired) electrons. The molecule has 1 aromatic rings. The smallest absolute Gasteiger partial charge is 0.406 e. The highest BCUT2D eigenvalue weighted by molar-refractivity contribution is 5.93. The van der Waals surface area contributed by atoms with E-state index in [2.05, 4.69) is 15.4 Å². The number of nitrogens with one attached hydrogen (secondary N) is 2. The maximum absolute atomic E-state index is 12.7. The zero-order chi connectivity index (χ0) is 18.9. The molecule has 7 nitrogen and oxygen atoms in total. The first kappa shape index (κ1) is 18.0. The number of nitrogens with zero attached hydrogens (tertiary/aromatic N) is 1. The summed E-state index contributed by atoms with van der Waals surface area (Å²) in [5.41, 5.74) is 0.363. The van der Waals surface area contributed by atoms with Crippen molar-refractivity contribution in [2.24, 2.45) is 5.92 Å². The van der Waals surface area contributed by atoms with Gasteiger partial charge in [-0.2, -0.15) is 0 Å². The zero-order valence-electron chi connectivity index (χ0n) is 13.5. The van der Waals surface area contributed by atoms with Crippen molar-refractivity contribution in [1.82, 2.24) is 15.5 Å². The molecule has 0 aliphatic carbocycles. The molecule has 26 heavy (non-hydrogen) atoms. The summed E-state index contributed by atoms with van der Waals surface area (Å²) in [7, 11) is 0. The Kier molecular flexibility index (Phi) is 4.75. The van der Waals surface area contributed by atoms with Crippen LogP contribution < -0.4 is 15.4 Å². The number of carbonyl (C=O) groups excluding carboxylic acids is 3. The third-order valence-electron chi connectivity index (χ3n) is 4.25. The van der Waals surface area contributed by atoms with E-state index in [0.29, 0.717) is 5.56 Å². The minimum Gasteiger partial charge on any atom is -0.406 e. The number of benzene rings is 1. The van der Waals surface area contributed by atoms with Gasteiger partial charge in [-0.3, -0.25) is 14.4 Å². The first-order valence-electron chi connectivity index (χ1n) is 7.95. The molecule has 2 aliphatic heterocycles. The van der Waals surface area contributed by atoms with Gasteiger partial charge >= 0.3 is 6.36 Å². The van der Waals surface area contributed by atoms with Gasteiger partial charge in [0.15, 0.2) is 0 Å². The van der Waals surface area contributed by atoms with Crippen LogP contribution in [0.5, 0.6) is 5.75 Å². The number of carbonyl (C=O) groups is 3. The number of ether oxygens (including phenoxy) is 1. The van der Waals surface area contributed by atoms with Crippen LogP contribution in [0.25, 0.3) is 0 Å². The van der Waals surface area contributed by atoms with Gasteiger partial charge in [0.1, 0.15) is 11.8 Å².